The fourth-order valence-corrected chi connectivity index (χ4v) is 4.69. The molecule has 1 aliphatic rings. The number of carbonyl (C=O) groups excluding carboxylic acids is 1. The van der Waals surface area contributed by atoms with E-state index in [1.54, 1.807) is 4.68 Å². The second kappa shape index (κ2) is 8.01. The van der Waals surface area contributed by atoms with Crippen LogP contribution >= 0.6 is 22.9 Å². The van der Waals surface area contributed by atoms with Crippen LogP contribution in [0.3, 0.4) is 0 Å². The fourth-order valence-electron chi connectivity index (χ4n) is 3.56. The molecule has 4 rings (SSSR count). The van der Waals surface area contributed by atoms with Crippen LogP contribution in [0.15, 0.2) is 24.3 Å². The summed E-state index contributed by atoms with van der Waals surface area (Å²) in [5.41, 5.74) is 3.17. The van der Waals surface area contributed by atoms with Crippen molar-refractivity contribution in [2.24, 2.45) is 0 Å². The van der Waals surface area contributed by atoms with E-state index in [0.717, 1.165) is 29.9 Å². The van der Waals surface area contributed by atoms with Gasteiger partial charge in [0.25, 0.3) is 5.91 Å². The van der Waals surface area contributed by atoms with Gasteiger partial charge in [-0.25, -0.2) is 9.67 Å². The molecular formula is C20H22ClN5OS. The molecule has 3 aromatic rings. The van der Waals surface area contributed by atoms with Crippen molar-refractivity contribution < 1.29 is 4.79 Å². The molecule has 8 heteroatoms. The van der Waals surface area contributed by atoms with Gasteiger partial charge in [-0.1, -0.05) is 36.1 Å². The molecule has 2 aromatic heterocycles. The third-order valence-electron chi connectivity index (χ3n) is 5.11. The smallest absolute Gasteiger partial charge is 0.263 e. The Morgan fingerprint density at radius 1 is 1.18 bits per heavy atom. The topological polar surface area (TPSA) is 72.7 Å². The number of aromatic nitrogens is 4. The average Bonchev–Trinajstić information content (AvgIpc) is 3.26. The fraction of sp³-hybridized carbons (Fsp3) is 0.400. The van der Waals surface area contributed by atoms with Crippen LogP contribution < -0.4 is 5.32 Å². The Kier molecular flexibility index (Phi) is 5.46. The molecule has 0 aliphatic heterocycles. The van der Waals surface area contributed by atoms with Crippen LogP contribution in [0.4, 0.5) is 0 Å². The Morgan fingerprint density at radius 2 is 1.89 bits per heavy atom. The summed E-state index contributed by atoms with van der Waals surface area (Å²) in [7, 11) is 0. The molecule has 0 unspecified atom stereocenters. The highest BCUT2D eigenvalue weighted by atomic mass is 35.5. The van der Waals surface area contributed by atoms with Gasteiger partial charge in [0.05, 0.1) is 17.1 Å². The molecule has 0 spiro atoms. The van der Waals surface area contributed by atoms with E-state index in [2.05, 4.69) is 20.6 Å². The highest BCUT2D eigenvalue weighted by molar-refractivity contribution is 7.17. The Balaban J connectivity index is 1.58. The maximum absolute atomic E-state index is 12.7. The van der Waals surface area contributed by atoms with Gasteiger partial charge in [-0.2, -0.15) is 0 Å². The predicted octanol–water partition coefficient (Wildman–Crippen LogP) is 4.72. The summed E-state index contributed by atoms with van der Waals surface area (Å²) < 4.78 is 1.75. The highest BCUT2D eigenvalue weighted by Crippen LogP contribution is 2.30. The zero-order valence-corrected chi connectivity index (χ0v) is 17.5. The lowest BCUT2D eigenvalue weighted by Crippen LogP contribution is -2.36. The van der Waals surface area contributed by atoms with Crippen molar-refractivity contribution in [2.75, 3.05) is 0 Å². The van der Waals surface area contributed by atoms with Crippen molar-refractivity contribution in [3.63, 3.8) is 0 Å². The van der Waals surface area contributed by atoms with Gasteiger partial charge in [-0.05, 0) is 51.0 Å². The average molecular weight is 416 g/mol. The van der Waals surface area contributed by atoms with Crippen LogP contribution in [0.5, 0.6) is 0 Å². The molecule has 1 aliphatic carbocycles. The molecule has 0 radical (unpaired) electrons. The van der Waals surface area contributed by atoms with E-state index < -0.39 is 0 Å². The van der Waals surface area contributed by atoms with Crippen LogP contribution in [0, 0.1) is 13.8 Å². The molecule has 1 N–H and O–H groups in total. The first kappa shape index (κ1) is 19.1. The first-order valence-electron chi connectivity index (χ1n) is 9.50. The van der Waals surface area contributed by atoms with Gasteiger partial charge in [0.2, 0.25) is 0 Å². The Morgan fingerprint density at radius 3 is 2.61 bits per heavy atom. The zero-order valence-electron chi connectivity index (χ0n) is 15.9. The quantitative estimate of drug-likeness (QED) is 0.668. The highest BCUT2D eigenvalue weighted by Gasteiger charge is 2.23. The molecular weight excluding hydrogens is 394 g/mol. The van der Waals surface area contributed by atoms with E-state index in [-0.39, 0.29) is 11.9 Å². The molecule has 28 heavy (non-hydrogen) atoms. The van der Waals surface area contributed by atoms with Gasteiger partial charge in [0.15, 0.2) is 0 Å². The number of amides is 1. The summed E-state index contributed by atoms with van der Waals surface area (Å²) in [5, 5.41) is 13.1. The zero-order chi connectivity index (χ0) is 19.7. The number of nitrogens with one attached hydrogen (secondary N) is 1. The van der Waals surface area contributed by atoms with Crippen molar-refractivity contribution in [1.29, 1.82) is 0 Å². The number of thiazole rings is 1. The van der Waals surface area contributed by atoms with Gasteiger partial charge in [0, 0.05) is 11.1 Å². The van der Waals surface area contributed by atoms with Crippen LogP contribution in [-0.2, 0) is 0 Å². The van der Waals surface area contributed by atoms with Gasteiger partial charge in [-0.15, -0.1) is 16.4 Å². The molecule has 0 bridgehead atoms. The SMILES string of the molecule is Cc1nc(-c2nnn(-c3ccc(Cl)cc3)c2C)sc1C(=O)NC1CCCCC1. The standard InChI is InChI=1S/C20H22ClN5OS/c1-12-18(19(27)23-15-6-4-3-5-7-15)28-20(22-12)17-13(2)26(25-24-17)16-10-8-14(21)9-11-16/h8-11,15H,3-7H2,1-2H3,(H,23,27). The first-order valence-corrected chi connectivity index (χ1v) is 10.7. The van der Waals surface area contributed by atoms with E-state index in [0.29, 0.717) is 20.6 Å². The molecule has 0 saturated heterocycles. The van der Waals surface area contributed by atoms with Gasteiger partial charge in [0.1, 0.15) is 15.6 Å². The second-order valence-corrected chi connectivity index (χ2v) is 8.59. The lowest BCUT2D eigenvalue weighted by atomic mass is 9.95. The third kappa shape index (κ3) is 3.82. The maximum Gasteiger partial charge on any atom is 0.263 e. The van der Waals surface area contributed by atoms with Crippen molar-refractivity contribution in [1.82, 2.24) is 25.3 Å². The van der Waals surface area contributed by atoms with Crippen LogP contribution in [-0.4, -0.2) is 31.9 Å². The molecule has 1 amide bonds. The normalized spacial score (nSPS) is 15.0. The number of rotatable bonds is 4. The van der Waals surface area contributed by atoms with E-state index in [1.807, 2.05) is 38.1 Å². The minimum atomic E-state index is -0.0316. The summed E-state index contributed by atoms with van der Waals surface area (Å²) in [6.07, 6.45) is 5.75. The first-order chi connectivity index (χ1) is 13.5. The number of halogens is 1. The summed E-state index contributed by atoms with van der Waals surface area (Å²) in [6, 6.07) is 7.70. The lowest BCUT2D eigenvalue weighted by molar-refractivity contribution is 0.0931. The Hall–Kier alpha value is -2.25. The number of aryl methyl sites for hydroxylation is 1. The summed E-state index contributed by atoms with van der Waals surface area (Å²) in [5.74, 6) is -0.0316. The predicted molar refractivity (Wildman–Crippen MR) is 111 cm³/mol. The van der Waals surface area contributed by atoms with Crippen molar-refractivity contribution in [3.05, 3.63) is 45.6 Å². The second-order valence-electron chi connectivity index (χ2n) is 7.15. The van der Waals surface area contributed by atoms with Crippen molar-refractivity contribution >= 4 is 28.8 Å². The molecule has 1 aromatic carbocycles. The van der Waals surface area contributed by atoms with E-state index in [4.69, 9.17) is 11.6 Å². The number of benzene rings is 1. The van der Waals surface area contributed by atoms with Crippen LogP contribution in [0.2, 0.25) is 5.02 Å². The van der Waals surface area contributed by atoms with Gasteiger partial charge < -0.3 is 5.32 Å². The van der Waals surface area contributed by atoms with E-state index >= 15 is 0 Å². The monoisotopic (exact) mass is 415 g/mol. The third-order valence-corrected chi connectivity index (χ3v) is 6.53. The summed E-state index contributed by atoms with van der Waals surface area (Å²) in [6.45, 7) is 3.82. The number of hydrogen-bond acceptors (Lipinski definition) is 5. The van der Waals surface area contributed by atoms with Crippen LogP contribution in [0.1, 0.15) is 53.2 Å². The van der Waals surface area contributed by atoms with E-state index in [1.165, 1.54) is 30.6 Å². The molecule has 0 atom stereocenters. The Bertz CT molecular complexity index is 989. The Labute approximate surface area is 172 Å². The number of hydrogen-bond donors (Lipinski definition) is 1. The molecule has 1 fully saturated rings. The summed E-state index contributed by atoms with van der Waals surface area (Å²) >= 11 is 7.34. The minimum absolute atomic E-state index is 0.0316. The van der Waals surface area contributed by atoms with Gasteiger partial charge >= 0.3 is 0 Å². The van der Waals surface area contributed by atoms with Crippen molar-refractivity contribution in [3.8, 4) is 16.4 Å². The molecule has 146 valence electrons. The summed E-state index contributed by atoms with van der Waals surface area (Å²) in [4.78, 5) is 18.0. The van der Waals surface area contributed by atoms with E-state index in [9.17, 15) is 4.79 Å². The minimum Gasteiger partial charge on any atom is -0.349 e. The molecule has 6 nitrogen and oxygen atoms in total. The molecule has 1 saturated carbocycles. The van der Waals surface area contributed by atoms with Crippen molar-refractivity contribution in [2.45, 2.75) is 52.0 Å². The van der Waals surface area contributed by atoms with Gasteiger partial charge in [-0.3, -0.25) is 4.79 Å². The van der Waals surface area contributed by atoms with Crippen LogP contribution in [0.25, 0.3) is 16.4 Å². The number of nitrogens with zero attached hydrogens (tertiary/aromatic N) is 4. The maximum atomic E-state index is 12.7. The number of carbonyl (C=O) groups is 1. The molecule has 2 heterocycles. The lowest BCUT2D eigenvalue weighted by Gasteiger charge is -2.22. The largest absolute Gasteiger partial charge is 0.349 e.